The summed E-state index contributed by atoms with van der Waals surface area (Å²) < 4.78 is 63.1. The van der Waals surface area contributed by atoms with Crippen molar-refractivity contribution in [1.82, 2.24) is 0 Å². The molecule has 0 aliphatic carbocycles. The molecular weight excluding hydrogens is 331 g/mol. The molecule has 124 valence electrons. The number of hydrogen-bond acceptors (Lipinski definition) is 4. The van der Waals surface area contributed by atoms with Crippen molar-refractivity contribution in [3.8, 4) is 6.07 Å². The van der Waals surface area contributed by atoms with Crippen LogP contribution in [0.1, 0.15) is 42.4 Å². The van der Waals surface area contributed by atoms with Crippen LogP contribution in [0.2, 0.25) is 0 Å². The smallest absolute Gasteiger partial charge is 0.385 e. The predicted molar refractivity (Wildman–Crippen MR) is 75.0 cm³/mol. The van der Waals surface area contributed by atoms with Gasteiger partial charge in [-0.2, -0.15) is 18.4 Å². The highest BCUT2D eigenvalue weighted by molar-refractivity contribution is 7.93. The van der Waals surface area contributed by atoms with Crippen LogP contribution in [0.3, 0.4) is 0 Å². The SMILES string of the molecule is N#Cc1cc(C(F)(F)F)cc(C2(O)CC3CCC(C2)S3(=O)=O)c1. The summed E-state index contributed by atoms with van der Waals surface area (Å²) >= 11 is 0. The average molecular weight is 345 g/mol. The van der Waals surface area contributed by atoms with Crippen molar-refractivity contribution in [3.63, 3.8) is 0 Å². The Kier molecular flexibility index (Phi) is 3.50. The molecule has 1 N–H and O–H groups in total. The van der Waals surface area contributed by atoms with Crippen molar-refractivity contribution < 1.29 is 26.7 Å². The first-order chi connectivity index (χ1) is 10.6. The van der Waals surface area contributed by atoms with Gasteiger partial charge in [0.1, 0.15) is 0 Å². The molecule has 23 heavy (non-hydrogen) atoms. The van der Waals surface area contributed by atoms with E-state index in [1.54, 1.807) is 6.07 Å². The monoisotopic (exact) mass is 345 g/mol. The molecule has 2 unspecified atom stereocenters. The van der Waals surface area contributed by atoms with E-state index in [0.29, 0.717) is 12.8 Å². The third kappa shape index (κ3) is 2.62. The van der Waals surface area contributed by atoms with Gasteiger partial charge in [0, 0.05) is 0 Å². The summed E-state index contributed by atoms with van der Waals surface area (Å²) in [4.78, 5) is 0. The van der Waals surface area contributed by atoms with Gasteiger partial charge < -0.3 is 5.11 Å². The summed E-state index contributed by atoms with van der Waals surface area (Å²) in [5, 5.41) is 18.3. The van der Waals surface area contributed by atoms with E-state index in [1.807, 2.05) is 0 Å². The molecule has 1 aromatic rings. The van der Waals surface area contributed by atoms with Crippen LogP contribution < -0.4 is 0 Å². The lowest BCUT2D eigenvalue weighted by atomic mass is 9.84. The predicted octanol–water partition coefficient (Wildman–Crippen LogP) is 2.50. The maximum absolute atomic E-state index is 13.0. The van der Waals surface area contributed by atoms with E-state index in [0.717, 1.165) is 12.1 Å². The van der Waals surface area contributed by atoms with Gasteiger partial charge in [-0.05, 0) is 49.4 Å². The summed E-state index contributed by atoms with van der Waals surface area (Å²) in [6, 6.07) is 4.42. The summed E-state index contributed by atoms with van der Waals surface area (Å²) in [5.74, 6) is 0. The highest BCUT2D eigenvalue weighted by Gasteiger charge is 2.53. The molecule has 0 amide bonds. The Morgan fingerprint density at radius 1 is 1.17 bits per heavy atom. The van der Waals surface area contributed by atoms with Crippen LogP contribution in [0.15, 0.2) is 18.2 Å². The number of nitriles is 1. The Hall–Kier alpha value is -1.59. The lowest BCUT2D eigenvalue weighted by molar-refractivity contribution is -0.137. The number of rotatable bonds is 1. The van der Waals surface area contributed by atoms with Crippen molar-refractivity contribution in [2.24, 2.45) is 0 Å². The van der Waals surface area contributed by atoms with Gasteiger partial charge in [0.05, 0.1) is 33.3 Å². The fourth-order valence-corrected chi connectivity index (χ4v) is 6.10. The fourth-order valence-electron chi connectivity index (χ4n) is 3.61. The second kappa shape index (κ2) is 4.95. The molecule has 0 radical (unpaired) electrons. The lowest BCUT2D eigenvalue weighted by Gasteiger charge is -2.37. The molecule has 0 spiro atoms. The largest absolute Gasteiger partial charge is 0.416 e. The first-order valence-electron chi connectivity index (χ1n) is 7.14. The first kappa shape index (κ1) is 16.3. The van der Waals surface area contributed by atoms with E-state index in [-0.39, 0.29) is 24.0 Å². The van der Waals surface area contributed by atoms with Gasteiger partial charge >= 0.3 is 6.18 Å². The third-order valence-electron chi connectivity index (χ3n) is 4.80. The Balaban J connectivity index is 2.07. The van der Waals surface area contributed by atoms with Crippen LogP contribution in [0.25, 0.3) is 0 Å². The van der Waals surface area contributed by atoms with E-state index in [2.05, 4.69) is 0 Å². The van der Waals surface area contributed by atoms with Crippen LogP contribution in [0.4, 0.5) is 13.2 Å². The zero-order chi connectivity index (χ0) is 17.0. The molecular formula is C15H14F3NO3S. The fraction of sp³-hybridized carbons (Fsp3) is 0.533. The number of nitrogens with zero attached hydrogens (tertiary/aromatic N) is 1. The number of fused-ring (bicyclic) bond motifs is 2. The normalized spacial score (nSPS) is 32.5. The standard InChI is InChI=1S/C15H14F3NO3S/c16-15(17,18)11-4-9(8-19)3-10(5-11)14(20)6-12-1-2-13(7-14)23(12,21)22/h3-5,12-13,20H,1-2,6-7H2. The molecule has 2 fully saturated rings. The maximum Gasteiger partial charge on any atom is 0.416 e. The number of halogens is 3. The summed E-state index contributed by atoms with van der Waals surface area (Å²) in [7, 11) is -3.31. The van der Waals surface area contributed by atoms with E-state index in [9.17, 15) is 26.7 Å². The van der Waals surface area contributed by atoms with Gasteiger partial charge in [-0.1, -0.05) is 0 Å². The maximum atomic E-state index is 13.0. The van der Waals surface area contributed by atoms with Crippen molar-refractivity contribution in [2.45, 2.75) is 48.0 Å². The summed E-state index contributed by atoms with van der Waals surface area (Å²) in [6.45, 7) is 0. The van der Waals surface area contributed by atoms with Crippen molar-refractivity contribution in [2.75, 3.05) is 0 Å². The number of hydrogen-bond donors (Lipinski definition) is 1. The number of aliphatic hydroxyl groups is 1. The Morgan fingerprint density at radius 2 is 1.74 bits per heavy atom. The molecule has 2 saturated heterocycles. The first-order valence-corrected chi connectivity index (χ1v) is 8.75. The second-order valence-corrected chi connectivity index (χ2v) is 8.77. The van der Waals surface area contributed by atoms with Crippen molar-refractivity contribution in [3.05, 3.63) is 34.9 Å². The van der Waals surface area contributed by atoms with Gasteiger partial charge in [0.25, 0.3) is 0 Å². The van der Waals surface area contributed by atoms with Gasteiger partial charge in [-0.15, -0.1) is 0 Å². The van der Waals surface area contributed by atoms with E-state index in [4.69, 9.17) is 5.26 Å². The topological polar surface area (TPSA) is 78.2 Å². The molecule has 2 atom stereocenters. The molecule has 3 rings (SSSR count). The van der Waals surface area contributed by atoms with Crippen molar-refractivity contribution >= 4 is 9.84 Å². The molecule has 8 heteroatoms. The van der Waals surface area contributed by atoms with Crippen LogP contribution >= 0.6 is 0 Å². The van der Waals surface area contributed by atoms with Crippen LogP contribution in [0.5, 0.6) is 0 Å². The third-order valence-corrected chi connectivity index (χ3v) is 7.46. The molecule has 2 heterocycles. The van der Waals surface area contributed by atoms with Gasteiger partial charge in [-0.25, -0.2) is 8.42 Å². The average Bonchev–Trinajstić information content (AvgIpc) is 2.65. The Bertz CT molecular complexity index is 775. The molecule has 2 bridgehead atoms. The molecule has 4 nitrogen and oxygen atoms in total. The van der Waals surface area contributed by atoms with E-state index >= 15 is 0 Å². The Labute approximate surface area is 131 Å². The Morgan fingerprint density at radius 3 is 2.22 bits per heavy atom. The molecule has 0 aromatic heterocycles. The van der Waals surface area contributed by atoms with E-state index in [1.165, 1.54) is 6.07 Å². The zero-order valence-corrected chi connectivity index (χ0v) is 12.8. The highest BCUT2D eigenvalue weighted by atomic mass is 32.2. The van der Waals surface area contributed by atoms with E-state index < -0.39 is 37.7 Å². The number of alkyl halides is 3. The minimum atomic E-state index is -4.64. The second-order valence-electron chi connectivity index (χ2n) is 6.26. The number of sulfone groups is 1. The summed E-state index contributed by atoms with van der Waals surface area (Å²) in [5.41, 5.74) is -2.90. The van der Waals surface area contributed by atoms with Crippen LogP contribution in [-0.4, -0.2) is 24.0 Å². The van der Waals surface area contributed by atoms with Crippen LogP contribution in [-0.2, 0) is 21.6 Å². The molecule has 2 aliphatic heterocycles. The minimum Gasteiger partial charge on any atom is -0.385 e. The molecule has 2 aliphatic rings. The number of benzene rings is 1. The quantitative estimate of drug-likeness (QED) is 0.848. The van der Waals surface area contributed by atoms with Gasteiger partial charge in [0.2, 0.25) is 0 Å². The highest BCUT2D eigenvalue weighted by Crippen LogP contribution is 2.48. The van der Waals surface area contributed by atoms with Gasteiger partial charge in [0.15, 0.2) is 9.84 Å². The zero-order valence-electron chi connectivity index (χ0n) is 12.0. The van der Waals surface area contributed by atoms with Crippen LogP contribution in [0, 0.1) is 11.3 Å². The van der Waals surface area contributed by atoms with Gasteiger partial charge in [-0.3, -0.25) is 0 Å². The lowest BCUT2D eigenvalue weighted by Crippen LogP contribution is -2.43. The summed E-state index contributed by atoms with van der Waals surface area (Å²) in [6.07, 6.45) is -4.06. The minimum absolute atomic E-state index is 0.0318. The molecule has 1 aromatic carbocycles. The molecule has 0 saturated carbocycles. The van der Waals surface area contributed by atoms with Crippen molar-refractivity contribution in [1.29, 1.82) is 5.26 Å².